The molecule has 104 valence electrons. The van der Waals surface area contributed by atoms with Gasteiger partial charge in [-0.05, 0) is 49.8 Å². The zero-order valence-corrected chi connectivity index (χ0v) is 12.8. The summed E-state index contributed by atoms with van der Waals surface area (Å²) in [6.45, 7) is 7.54. The van der Waals surface area contributed by atoms with E-state index in [0.29, 0.717) is 5.41 Å². The number of thioether (sulfide) groups is 1. The van der Waals surface area contributed by atoms with Crippen molar-refractivity contribution < 1.29 is 0 Å². The average Bonchev–Trinajstić information content (AvgIpc) is 3.04. The van der Waals surface area contributed by atoms with Crippen molar-refractivity contribution in [3.8, 4) is 0 Å². The molecule has 1 aliphatic carbocycles. The molecule has 1 N–H and O–H groups in total. The summed E-state index contributed by atoms with van der Waals surface area (Å²) in [5, 5.41) is 3.69. The number of hydrogen-bond acceptors (Lipinski definition) is 3. The third-order valence-electron chi connectivity index (χ3n) is 5.08. The Bertz CT molecular complexity index is 282. The van der Waals surface area contributed by atoms with Crippen LogP contribution in [-0.4, -0.2) is 47.6 Å². The first-order valence-electron chi connectivity index (χ1n) is 7.74. The maximum atomic E-state index is 3.69. The highest BCUT2D eigenvalue weighted by Gasteiger charge is 2.43. The molecule has 0 aromatic carbocycles. The molecule has 3 heteroatoms. The van der Waals surface area contributed by atoms with Crippen molar-refractivity contribution in [2.45, 2.75) is 64.1 Å². The SMILES string of the molecule is CC1(C)CCSCC1N(CC1CCCN1)C1CC1. The Kier molecular flexibility index (Phi) is 3.93. The van der Waals surface area contributed by atoms with Crippen molar-refractivity contribution in [2.24, 2.45) is 5.41 Å². The highest BCUT2D eigenvalue weighted by atomic mass is 32.2. The fraction of sp³-hybridized carbons (Fsp3) is 1.00. The molecule has 2 heterocycles. The summed E-state index contributed by atoms with van der Waals surface area (Å²) in [5.74, 6) is 2.72. The van der Waals surface area contributed by atoms with E-state index < -0.39 is 0 Å². The largest absolute Gasteiger partial charge is 0.313 e. The lowest BCUT2D eigenvalue weighted by atomic mass is 9.81. The van der Waals surface area contributed by atoms with Gasteiger partial charge in [-0.3, -0.25) is 4.90 Å². The van der Waals surface area contributed by atoms with Gasteiger partial charge in [0.25, 0.3) is 0 Å². The lowest BCUT2D eigenvalue weighted by molar-refractivity contribution is 0.0819. The zero-order chi connectivity index (χ0) is 12.6. The van der Waals surface area contributed by atoms with E-state index in [-0.39, 0.29) is 0 Å². The minimum Gasteiger partial charge on any atom is -0.313 e. The maximum Gasteiger partial charge on any atom is 0.0241 e. The summed E-state index contributed by atoms with van der Waals surface area (Å²) in [4.78, 5) is 2.88. The lowest BCUT2D eigenvalue weighted by Gasteiger charge is -2.46. The maximum absolute atomic E-state index is 3.69. The molecule has 1 saturated carbocycles. The van der Waals surface area contributed by atoms with E-state index in [1.807, 2.05) is 0 Å². The van der Waals surface area contributed by atoms with E-state index in [1.165, 1.54) is 56.7 Å². The minimum absolute atomic E-state index is 0.520. The Hall–Kier alpha value is 0.270. The van der Waals surface area contributed by atoms with E-state index in [4.69, 9.17) is 0 Å². The third kappa shape index (κ3) is 2.88. The normalized spacial score (nSPS) is 36.2. The number of hydrogen-bond donors (Lipinski definition) is 1. The van der Waals surface area contributed by atoms with Gasteiger partial charge in [0.1, 0.15) is 0 Å². The van der Waals surface area contributed by atoms with Gasteiger partial charge in [0.2, 0.25) is 0 Å². The highest BCUT2D eigenvalue weighted by molar-refractivity contribution is 7.99. The average molecular weight is 268 g/mol. The predicted octanol–water partition coefficient (Wildman–Crippen LogP) is 2.73. The van der Waals surface area contributed by atoms with Crippen molar-refractivity contribution >= 4 is 11.8 Å². The molecule has 3 aliphatic rings. The first-order valence-corrected chi connectivity index (χ1v) is 8.89. The molecule has 3 fully saturated rings. The molecular weight excluding hydrogens is 240 g/mol. The molecule has 2 atom stereocenters. The Balaban J connectivity index is 1.67. The van der Waals surface area contributed by atoms with Crippen LogP contribution in [0.2, 0.25) is 0 Å². The van der Waals surface area contributed by atoms with Gasteiger partial charge >= 0.3 is 0 Å². The van der Waals surface area contributed by atoms with Crippen LogP contribution < -0.4 is 5.32 Å². The fourth-order valence-electron chi connectivity index (χ4n) is 3.57. The second-order valence-electron chi connectivity index (χ2n) is 7.05. The second kappa shape index (κ2) is 5.34. The Morgan fingerprint density at radius 1 is 1.28 bits per heavy atom. The monoisotopic (exact) mass is 268 g/mol. The molecular formula is C15H28N2S. The summed E-state index contributed by atoms with van der Waals surface area (Å²) in [6.07, 6.45) is 7.06. The molecule has 0 bridgehead atoms. The van der Waals surface area contributed by atoms with Crippen LogP contribution >= 0.6 is 11.8 Å². The van der Waals surface area contributed by atoms with Crippen molar-refractivity contribution in [3.63, 3.8) is 0 Å². The molecule has 3 rings (SSSR count). The summed E-state index contributed by atoms with van der Waals surface area (Å²) < 4.78 is 0. The zero-order valence-electron chi connectivity index (χ0n) is 12.0. The van der Waals surface area contributed by atoms with E-state index in [9.17, 15) is 0 Å². The van der Waals surface area contributed by atoms with Crippen LogP contribution in [0.5, 0.6) is 0 Å². The topological polar surface area (TPSA) is 15.3 Å². The van der Waals surface area contributed by atoms with Crippen LogP contribution in [0.1, 0.15) is 46.0 Å². The van der Waals surface area contributed by atoms with Gasteiger partial charge in [-0.2, -0.15) is 11.8 Å². The van der Waals surface area contributed by atoms with Crippen LogP contribution in [0.4, 0.5) is 0 Å². The molecule has 18 heavy (non-hydrogen) atoms. The van der Waals surface area contributed by atoms with E-state index >= 15 is 0 Å². The summed E-state index contributed by atoms with van der Waals surface area (Å²) >= 11 is 2.17. The van der Waals surface area contributed by atoms with Gasteiger partial charge < -0.3 is 5.32 Å². The predicted molar refractivity (Wildman–Crippen MR) is 80.3 cm³/mol. The van der Waals surface area contributed by atoms with Crippen LogP contribution in [0.3, 0.4) is 0 Å². The fourth-order valence-corrected chi connectivity index (χ4v) is 5.27. The summed E-state index contributed by atoms with van der Waals surface area (Å²) in [5.41, 5.74) is 0.520. The summed E-state index contributed by atoms with van der Waals surface area (Å²) in [7, 11) is 0. The van der Waals surface area contributed by atoms with E-state index in [2.05, 4.69) is 35.8 Å². The quantitative estimate of drug-likeness (QED) is 0.844. The van der Waals surface area contributed by atoms with Crippen molar-refractivity contribution in [2.75, 3.05) is 24.6 Å². The lowest BCUT2D eigenvalue weighted by Crippen LogP contribution is -2.53. The van der Waals surface area contributed by atoms with Gasteiger partial charge in [-0.15, -0.1) is 0 Å². The van der Waals surface area contributed by atoms with Crippen molar-refractivity contribution in [1.82, 2.24) is 10.2 Å². The number of nitrogens with zero attached hydrogens (tertiary/aromatic N) is 1. The smallest absolute Gasteiger partial charge is 0.0241 e. The van der Waals surface area contributed by atoms with Gasteiger partial charge in [-0.25, -0.2) is 0 Å². The molecule has 0 aromatic rings. The highest BCUT2D eigenvalue weighted by Crippen LogP contribution is 2.41. The van der Waals surface area contributed by atoms with Gasteiger partial charge in [0.15, 0.2) is 0 Å². The standard InChI is InChI=1S/C15H28N2S/c1-15(2)7-9-18-11-14(15)17(13-5-6-13)10-12-4-3-8-16-12/h12-14,16H,3-11H2,1-2H3. The second-order valence-corrected chi connectivity index (χ2v) is 8.20. The first-order chi connectivity index (χ1) is 8.67. The van der Waals surface area contributed by atoms with Crippen molar-refractivity contribution in [1.29, 1.82) is 0 Å². The number of rotatable bonds is 4. The molecule has 2 unspecified atom stereocenters. The molecule has 2 nitrogen and oxygen atoms in total. The van der Waals surface area contributed by atoms with Gasteiger partial charge in [0.05, 0.1) is 0 Å². The Morgan fingerprint density at radius 3 is 2.72 bits per heavy atom. The minimum atomic E-state index is 0.520. The van der Waals surface area contributed by atoms with Crippen LogP contribution in [-0.2, 0) is 0 Å². The van der Waals surface area contributed by atoms with Crippen LogP contribution in [0.15, 0.2) is 0 Å². The Labute approximate surface area is 116 Å². The third-order valence-corrected chi connectivity index (χ3v) is 6.12. The molecule has 0 spiro atoms. The van der Waals surface area contributed by atoms with Crippen LogP contribution in [0.25, 0.3) is 0 Å². The Morgan fingerprint density at radius 2 is 2.11 bits per heavy atom. The van der Waals surface area contributed by atoms with Crippen molar-refractivity contribution in [3.05, 3.63) is 0 Å². The van der Waals surface area contributed by atoms with E-state index in [0.717, 1.165) is 18.1 Å². The van der Waals surface area contributed by atoms with Gasteiger partial charge in [-0.1, -0.05) is 13.8 Å². The molecule has 0 radical (unpaired) electrons. The molecule has 2 saturated heterocycles. The van der Waals surface area contributed by atoms with Gasteiger partial charge in [0, 0.05) is 30.4 Å². The molecule has 0 amide bonds. The number of nitrogens with one attached hydrogen (secondary N) is 1. The molecule has 2 aliphatic heterocycles. The summed E-state index contributed by atoms with van der Waals surface area (Å²) in [6, 6.07) is 2.50. The molecule has 0 aromatic heterocycles. The first kappa shape index (κ1) is 13.3. The van der Waals surface area contributed by atoms with Crippen LogP contribution in [0, 0.1) is 5.41 Å². The van der Waals surface area contributed by atoms with E-state index in [1.54, 1.807) is 0 Å².